The first-order valence-electron chi connectivity index (χ1n) is 6.79. The van der Waals surface area contributed by atoms with E-state index in [2.05, 4.69) is 28.2 Å². The first-order valence-corrected chi connectivity index (χ1v) is 7.59. The van der Waals surface area contributed by atoms with Crippen molar-refractivity contribution in [3.05, 3.63) is 22.2 Å². The lowest BCUT2D eigenvalue weighted by atomic mass is 10.1. The molecule has 5 heteroatoms. The normalized spacial score (nSPS) is 11.5. The van der Waals surface area contributed by atoms with Crippen molar-refractivity contribution in [2.45, 2.75) is 39.3 Å². The van der Waals surface area contributed by atoms with Gasteiger partial charge in [-0.1, -0.05) is 6.92 Å². The maximum absolute atomic E-state index is 9.68. The minimum atomic E-state index is -0.717. The van der Waals surface area contributed by atoms with Gasteiger partial charge in [0.1, 0.15) is 0 Å². The van der Waals surface area contributed by atoms with Crippen molar-refractivity contribution in [2.75, 3.05) is 20.3 Å². The molecule has 0 aliphatic carbocycles. The fraction of sp³-hybridized carbons (Fsp3) is 0.600. The van der Waals surface area contributed by atoms with Crippen molar-refractivity contribution in [3.8, 4) is 11.5 Å². The molecule has 0 atom stereocenters. The summed E-state index contributed by atoms with van der Waals surface area (Å²) in [5.41, 5.74) is 0.354. The summed E-state index contributed by atoms with van der Waals surface area (Å²) < 4.78 is 11.9. The van der Waals surface area contributed by atoms with Crippen LogP contribution in [-0.4, -0.2) is 31.0 Å². The minimum absolute atomic E-state index is 0.529. The van der Waals surface area contributed by atoms with Crippen molar-refractivity contribution in [2.24, 2.45) is 0 Å². The summed E-state index contributed by atoms with van der Waals surface area (Å²) in [4.78, 5) is 0. The summed E-state index contributed by atoms with van der Waals surface area (Å²) >= 11 is 3.52. The van der Waals surface area contributed by atoms with Crippen LogP contribution in [0.1, 0.15) is 32.8 Å². The zero-order valence-corrected chi connectivity index (χ0v) is 14.2. The van der Waals surface area contributed by atoms with Gasteiger partial charge in [0.2, 0.25) is 0 Å². The van der Waals surface area contributed by atoms with Gasteiger partial charge in [-0.05, 0) is 53.9 Å². The number of rotatable bonds is 8. The Bertz CT molecular complexity index is 430. The number of hydrogen-bond acceptors (Lipinski definition) is 4. The van der Waals surface area contributed by atoms with Crippen LogP contribution in [0.3, 0.4) is 0 Å². The van der Waals surface area contributed by atoms with Gasteiger partial charge in [0.05, 0.1) is 23.8 Å². The Kier molecular flexibility index (Phi) is 6.79. The summed E-state index contributed by atoms with van der Waals surface area (Å²) in [5.74, 6) is 1.45. The molecule has 1 aromatic carbocycles. The quantitative estimate of drug-likeness (QED) is 0.760. The van der Waals surface area contributed by atoms with Crippen molar-refractivity contribution < 1.29 is 14.6 Å². The average molecular weight is 346 g/mol. The molecule has 0 spiro atoms. The highest BCUT2D eigenvalue weighted by molar-refractivity contribution is 9.10. The van der Waals surface area contributed by atoms with Gasteiger partial charge in [-0.15, -0.1) is 0 Å². The van der Waals surface area contributed by atoms with E-state index in [9.17, 15) is 5.11 Å². The number of methoxy groups -OCH3 is 1. The lowest BCUT2D eigenvalue weighted by molar-refractivity contribution is 0.0795. The molecule has 20 heavy (non-hydrogen) atoms. The molecule has 1 aromatic rings. The van der Waals surface area contributed by atoms with Gasteiger partial charge in [-0.2, -0.15) is 0 Å². The molecule has 0 radical (unpaired) electrons. The molecule has 0 saturated heterocycles. The number of benzene rings is 1. The molecular formula is C15H24BrNO3. The highest BCUT2D eigenvalue weighted by atomic mass is 79.9. The number of halogens is 1. The third-order valence-corrected chi connectivity index (χ3v) is 3.22. The molecule has 1 rings (SSSR count). The molecule has 0 aliphatic rings. The van der Waals surface area contributed by atoms with Gasteiger partial charge in [-0.3, -0.25) is 0 Å². The fourth-order valence-electron chi connectivity index (χ4n) is 1.73. The molecule has 0 aromatic heterocycles. The number of ether oxygens (including phenoxy) is 2. The first-order chi connectivity index (χ1) is 9.37. The Balaban J connectivity index is 2.77. The van der Waals surface area contributed by atoms with Crippen LogP contribution in [0.15, 0.2) is 16.6 Å². The number of hydrogen-bond donors (Lipinski definition) is 2. The van der Waals surface area contributed by atoms with Gasteiger partial charge in [0.15, 0.2) is 11.5 Å². The van der Waals surface area contributed by atoms with Crippen LogP contribution in [0.2, 0.25) is 0 Å². The van der Waals surface area contributed by atoms with E-state index in [-0.39, 0.29) is 0 Å². The molecule has 0 saturated carbocycles. The van der Waals surface area contributed by atoms with Gasteiger partial charge in [0, 0.05) is 13.1 Å². The van der Waals surface area contributed by atoms with Gasteiger partial charge < -0.3 is 19.9 Å². The van der Waals surface area contributed by atoms with E-state index < -0.39 is 5.60 Å². The first kappa shape index (κ1) is 17.3. The summed E-state index contributed by atoms with van der Waals surface area (Å²) in [6, 6.07) is 3.96. The van der Waals surface area contributed by atoms with E-state index in [0.29, 0.717) is 25.4 Å². The molecule has 0 amide bonds. The standard InChI is InChI=1S/C15H24BrNO3/c1-5-6-20-14-12(16)7-11(8-13(14)19-4)9-17-10-15(2,3)18/h7-8,17-18H,5-6,9-10H2,1-4H3. The van der Waals surface area contributed by atoms with Crippen molar-refractivity contribution in [3.63, 3.8) is 0 Å². The second kappa shape index (κ2) is 7.86. The Morgan fingerprint density at radius 3 is 2.60 bits per heavy atom. The summed E-state index contributed by atoms with van der Waals surface area (Å²) in [7, 11) is 1.63. The van der Waals surface area contributed by atoms with E-state index in [4.69, 9.17) is 9.47 Å². The molecule has 0 unspecified atom stereocenters. The zero-order chi connectivity index (χ0) is 15.2. The maximum atomic E-state index is 9.68. The Morgan fingerprint density at radius 2 is 2.05 bits per heavy atom. The summed E-state index contributed by atoms with van der Waals surface area (Å²) in [6.07, 6.45) is 0.949. The topological polar surface area (TPSA) is 50.7 Å². The fourth-order valence-corrected chi connectivity index (χ4v) is 2.34. The smallest absolute Gasteiger partial charge is 0.175 e. The van der Waals surface area contributed by atoms with Crippen molar-refractivity contribution in [1.82, 2.24) is 5.32 Å². The maximum Gasteiger partial charge on any atom is 0.175 e. The Labute approximate surface area is 129 Å². The minimum Gasteiger partial charge on any atom is -0.493 e. The molecular weight excluding hydrogens is 322 g/mol. The molecule has 114 valence electrons. The van der Waals surface area contributed by atoms with Crippen LogP contribution < -0.4 is 14.8 Å². The van der Waals surface area contributed by atoms with Crippen molar-refractivity contribution in [1.29, 1.82) is 0 Å². The largest absolute Gasteiger partial charge is 0.493 e. The summed E-state index contributed by atoms with van der Waals surface area (Å²) in [5, 5.41) is 12.9. The van der Waals surface area contributed by atoms with Crippen LogP contribution in [0.25, 0.3) is 0 Å². The third-order valence-electron chi connectivity index (χ3n) is 2.63. The molecule has 0 bridgehead atoms. The van der Waals surface area contributed by atoms with Crippen LogP contribution in [0.4, 0.5) is 0 Å². The lowest BCUT2D eigenvalue weighted by Gasteiger charge is -2.18. The van der Waals surface area contributed by atoms with Gasteiger partial charge >= 0.3 is 0 Å². The predicted octanol–water partition coefficient (Wildman–Crippen LogP) is 3.11. The molecule has 0 aliphatic heterocycles. The highest BCUT2D eigenvalue weighted by Gasteiger charge is 2.14. The molecule has 2 N–H and O–H groups in total. The molecule has 0 heterocycles. The molecule has 4 nitrogen and oxygen atoms in total. The monoisotopic (exact) mass is 345 g/mol. The molecule has 0 fully saturated rings. The average Bonchev–Trinajstić information content (AvgIpc) is 2.35. The van der Waals surface area contributed by atoms with E-state index in [1.807, 2.05) is 12.1 Å². The van der Waals surface area contributed by atoms with Crippen LogP contribution in [-0.2, 0) is 6.54 Å². The van der Waals surface area contributed by atoms with Crippen LogP contribution in [0.5, 0.6) is 11.5 Å². The SMILES string of the molecule is CCCOc1c(Br)cc(CNCC(C)(C)O)cc1OC. The van der Waals surface area contributed by atoms with Gasteiger partial charge in [0.25, 0.3) is 0 Å². The number of nitrogens with one attached hydrogen (secondary N) is 1. The van der Waals surface area contributed by atoms with Gasteiger partial charge in [-0.25, -0.2) is 0 Å². The summed E-state index contributed by atoms with van der Waals surface area (Å²) in [6.45, 7) is 7.46. The van der Waals surface area contributed by atoms with E-state index in [0.717, 1.165) is 22.2 Å². The highest BCUT2D eigenvalue weighted by Crippen LogP contribution is 2.36. The second-order valence-electron chi connectivity index (χ2n) is 5.37. The number of aliphatic hydroxyl groups is 1. The van der Waals surface area contributed by atoms with Crippen LogP contribution >= 0.6 is 15.9 Å². The Hall–Kier alpha value is -0.780. The lowest BCUT2D eigenvalue weighted by Crippen LogP contribution is -2.34. The second-order valence-corrected chi connectivity index (χ2v) is 6.23. The third kappa shape index (κ3) is 5.69. The van der Waals surface area contributed by atoms with E-state index >= 15 is 0 Å². The van der Waals surface area contributed by atoms with Crippen molar-refractivity contribution >= 4 is 15.9 Å². The Morgan fingerprint density at radius 1 is 1.35 bits per heavy atom. The van der Waals surface area contributed by atoms with E-state index in [1.165, 1.54) is 0 Å². The van der Waals surface area contributed by atoms with Crippen LogP contribution in [0, 0.1) is 0 Å². The zero-order valence-electron chi connectivity index (χ0n) is 12.6. The predicted molar refractivity (Wildman–Crippen MR) is 84.5 cm³/mol. The van der Waals surface area contributed by atoms with E-state index in [1.54, 1.807) is 21.0 Å².